The van der Waals surface area contributed by atoms with Gasteiger partial charge in [-0.3, -0.25) is 9.59 Å². The van der Waals surface area contributed by atoms with Crippen LogP contribution in [0.15, 0.2) is 53.3 Å². The van der Waals surface area contributed by atoms with Gasteiger partial charge in [-0.2, -0.15) is 0 Å². The summed E-state index contributed by atoms with van der Waals surface area (Å²) >= 11 is 0. The van der Waals surface area contributed by atoms with E-state index in [-0.39, 0.29) is 18.4 Å². The third-order valence-electron chi connectivity index (χ3n) is 4.06. The van der Waals surface area contributed by atoms with Gasteiger partial charge in [0.05, 0.1) is 11.8 Å². The van der Waals surface area contributed by atoms with Gasteiger partial charge in [-0.1, -0.05) is 30.3 Å². The van der Waals surface area contributed by atoms with Gasteiger partial charge in [0.25, 0.3) is 5.91 Å². The zero-order valence-electron chi connectivity index (χ0n) is 13.0. The largest absolute Gasteiger partial charge is 0.472 e. The number of carbonyl (C=O) groups is 2. The number of benzene rings is 1. The van der Waals surface area contributed by atoms with Crippen LogP contribution in [-0.4, -0.2) is 41.2 Å². The van der Waals surface area contributed by atoms with Gasteiger partial charge in [-0.25, -0.2) is 0 Å². The van der Waals surface area contributed by atoms with Crippen LogP contribution >= 0.6 is 0 Å². The van der Waals surface area contributed by atoms with Crippen LogP contribution in [0.5, 0.6) is 0 Å². The van der Waals surface area contributed by atoms with Crippen LogP contribution < -0.4 is 0 Å². The van der Waals surface area contributed by atoms with Crippen LogP contribution in [-0.2, 0) is 11.3 Å². The summed E-state index contributed by atoms with van der Waals surface area (Å²) in [5.74, 6) is -0.176. The lowest BCUT2D eigenvalue weighted by molar-refractivity contribution is -0.130. The van der Waals surface area contributed by atoms with Crippen molar-refractivity contribution < 1.29 is 14.0 Å². The smallest absolute Gasteiger partial charge is 0.257 e. The highest BCUT2D eigenvalue weighted by Crippen LogP contribution is 2.13. The molecule has 0 N–H and O–H groups in total. The molecular weight excluding hydrogens is 292 g/mol. The Hall–Kier alpha value is -2.56. The molecule has 2 aromatic rings. The van der Waals surface area contributed by atoms with Crippen molar-refractivity contribution in [2.24, 2.45) is 0 Å². The molecule has 120 valence electrons. The van der Waals surface area contributed by atoms with Gasteiger partial charge >= 0.3 is 0 Å². The minimum Gasteiger partial charge on any atom is -0.472 e. The number of likely N-dealkylation sites (tertiary alicyclic amines) is 1. The predicted octanol–water partition coefficient (Wildman–Crippen LogP) is 2.54. The summed E-state index contributed by atoms with van der Waals surface area (Å²) in [5.41, 5.74) is 1.47. The van der Waals surface area contributed by atoms with Crippen LogP contribution in [0, 0.1) is 0 Å². The summed E-state index contributed by atoms with van der Waals surface area (Å²) in [6.45, 7) is 2.08. The van der Waals surface area contributed by atoms with E-state index in [1.165, 1.54) is 12.5 Å². The minimum atomic E-state index is -0.185. The molecule has 0 spiro atoms. The molecule has 0 aliphatic carbocycles. The molecule has 1 aliphatic rings. The first kappa shape index (κ1) is 15.3. The van der Waals surface area contributed by atoms with Gasteiger partial charge in [0.1, 0.15) is 12.8 Å². The van der Waals surface area contributed by atoms with Gasteiger partial charge in [-0.05, 0) is 24.5 Å². The Balaban J connectivity index is 1.75. The fourth-order valence-electron chi connectivity index (χ4n) is 2.80. The Morgan fingerprint density at radius 2 is 1.83 bits per heavy atom. The molecule has 1 aromatic carbocycles. The lowest BCUT2D eigenvalue weighted by Crippen LogP contribution is -2.41. The highest BCUT2D eigenvalue weighted by atomic mass is 16.3. The summed E-state index contributed by atoms with van der Waals surface area (Å²) in [5, 5.41) is 0. The third-order valence-corrected chi connectivity index (χ3v) is 4.06. The summed E-state index contributed by atoms with van der Waals surface area (Å²) in [6.07, 6.45) is 4.97. The zero-order valence-corrected chi connectivity index (χ0v) is 13.0. The normalized spacial score (nSPS) is 14.0. The monoisotopic (exact) mass is 312 g/mol. The Bertz CT molecular complexity index is 646. The summed E-state index contributed by atoms with van der Waals surface area (Å²) in [4.78, 5) is 28.5. The molecule has 1 aromatic heterocycles. The summed E-state index contributed by atoms with van der Waals surface area (Å²) < 4.78 is 5.00. The molecule has 1 aliphatic heterocycles. The molecule has 3 rings (SSSR count). The summed E-state index contributed by atoms with van der Waals surface area (Å²) in [6, 6.07) is 11.3. The zero-order chi connectivity index (χ0) is 16.1. The highest BCUT2D eigenvalue weighted by molar-refractivity contribution is 5.96. The number of hydrogen-bond donors (Lipinski definition) is 0. The first-order chi connectivity index (χ1) is 11.2. The average Bonchev–Trinajstić information content (AvgIpc) is 3.27. The fraction of sp³-hybridized carbons (Fsp3) is 0.333. The molecule has 2 amide bonds. The first-order valence-electron chi connectivity index (χ1n) is 7.87. The van der Waals surface area contributed by atoms with Crippen molar-refractivity contribution >= 4 is 11.8 Å². The molecule has 1 saturated heterocycles. The number of carbonyl (C=O) groups excluding carboxylic acids is 2. The lowest BCUT2D eigenvalue weighted by atomic mass is 10.2. The average molecular weight is 312 g/mol. The van der Waals surface area contributed by atoms with Crippen molar-refractivity contribution in [1.82, 2.24) is 9.80 Å². The van der Waals surface area contributed by atoms with E-state index in [1.54, 1.807) is 11.0 Å². The molecule has 0 bridgehead atoms. The Morgan fingerprint density at radius 3 is 2.48 bits per heavy atom. The van der Waals surface area contributed by atoms with Crippen molar-refractivity contribution in [3.05, 3.63) is 60.1 Å². The van der Waals surface area contributed by atoms with Crippen LogP contribution in [0.25, 0.3) is 0 Å². The van der Waals surface area contributed by atoms with Gasteiger partial charge < -0.3 is 14.2 Å². The number of hydrogen-bond acceptors (Lipinski definition) is 3. The molecule has 5 heteroatoms. The standard InChI is InChI=1S/C18H20N2O3/c21-17(19-9-4-5-10-19)13-20(12-15-6-2-1-3-7-15)18(22)16-8-11-23-14-16/h1-3,6-8,11,14H,4-5,9-10,12-13H2. The van der Waals surface area contributed by atoms with E-state index in [0.717, 1.165) is 31.5 Å². The van der Waals surface area contributed by atoms with Crippen molar-refractivity contribution in [1.29, 1.82) is 0 Å². The predicted molar refractivity (Wildman–Crippen MR) is 85.7 cm³/mol. The number of amides is 2. The molecular formula is C18H20N2O3. The maximum Gasteiger partial charge on any atom is 0.257 e. The van der Waals surface area contributed by atoms with Crippen molar-refractivity contribution in [2.75, 3.05) is 19.6 Å². The molecule has 0 radical (unpaired) electrons. The topological polar surface area (TPSA) is 53.8 Å². The van der Waals surface area contributed by atoms with Gasteiger partial charge in [0, 0.05) is 19.6 Å². The van der Waals surface area contributed by atoms with Crippen LogP contribution in [0.1, 0.15) is 28.8 Å². The quantitative estimate of drug-likeness (QED) is 0.852. The maximum atomic E-state index is 12.7. The molecule has 2 heterocycles. The third kappa shape index (κ3) is 3.80. The van der Waals surface area contributed by atoms with E-state index in [1.807, 2.05) is 35.2 Å². The van der Waals surface area contributed by atoms with E-state index in [0.29, 0.717) is 12.1 Å². The number of furan rings is 1. The number of rotatable bonds is 5. The Morgan fingerprint density at radius 1 is 1.09 bits per heavy atom. The van der Waals surface area contributed by atoms with Gasteiger partial charge in [0.15, 0.2) is 0 Å². The first-order valence-corrected chi connectivity index (χ1v) is 7.87. The Kier molecular flexibility index (Phi) is 4.76. The maximum absolute atomic E-state index is 12.7. The lowest BCUT2D eigenvalue weighted by Gasteiger charge is -2.24. The Labute approximate surface area is 135 Å². The van der Waals surface area contributed by atoms with E-state index in [2.05, 4.69) is 0 Å². The van der Waals surface area contributed by atoms with Gasteiger partial charge in [0.2, 0.25) is 5.91 Å². The minimum absolute atomic E-state index is 0.00951. The van der Waals surface area contributed by atoms with Crippen LogP contribution in [0.4, 0.5) is 0 Å². The van der Waals surface area contributed by atoms with Crippen molar-refractivity contribution in [2.45, 2.75) is 19.4 Å². The molecule has 0 unspecified atom stereocenters. The molecule has 23 heavy (non-hydrogen) atoms. The van der Waals surface area contributed by atoms with Gasteiger partial charge in [-0.15, -0.1) is 0 Å². The molecule has 5 nitrogen and oxygen atoms in total. The van der Waals surface area contributed by atoms with Crippen LogP contribution in [0.2, 0.25) is 0 Å². The fourth-order valence-corrected chi connectivity index (χ4v) is 2.80. The second-order valence-corrected chi connectivity index (χ2v) is 5.75. The number of nitrogens with zero attached hydrogens (tertiary/aromatic N) is 2. The molecule has 1 fully saturated rings. The molecule has 0 atom stereocenters. The van der Waals surface area contributed by atoms with E-state index >= 15 is 0 Å². The second kappa shape index (κ2) is 7.13. The van der Waals surface area contributed by atoms with E-state index < -0.39 is 0 Å². The second-order valence-electron chi connectivity index (χ2n) is 5.75. The van der Waals surface area contributed by atoms with Crippen LogP contribution in [0.3, 0.4) is 0 Å². The van der Waals surface area contributed by atoms with E-state index in [9.17, 15) is 9.59 Å². The van der Waals surface area contributed by atoms with E-state index in [4.69, 9.17) is 4.42 Å². The molecule has 0 saturated carbocycles. The highest BCUT2D eigenvalue weighted by Gasteiger charge is 2.24. The summed E-state index contributed by atoms with van der Waals surface area (Å²) in [7, 11) is 0. The van der Waals surface area contributed by atoms with Crippen molar-refractivity contribution in [3.8, 4) is 0 Å². The SMILES string of the molecule is O=C(CN(Cc1ccccc1)C(=O)c1ccoc1)N1CCCC1. The van der Waals surface area contributed by atoms with Crippen molar-refractivity contribution in [3.63, 3.8) is 0 Å².